The molecule has 12 nitrogen and oxygen atoms in total. The lowest BCUT2D eigenvalue weighted by molar-refractivity contribution is 0.0195. The Morgan fingerprint density at radius 1 is 0.690 bits per heavy atom. The van der Waals surface area contributed by atoms with Gasteiger partial charge in [-0.2, -0.15) is 0 Å². The quantitative estimate of drug-likeness (QED) is 0.148. The van der Waals surface area contributed by atoms with Crippen molar-refractivity contribution in [3.63, 3.8) is 0 Å². The maximum Gasteiger partial charge on any atom is 0.157 e. The van der Waals surface area contributed by atoms with Crippen molar-refractivity contribution < 1.29 is 60.9 Å². The second-order valence-electron chi connectivity index (χ2n) is 10.2. The van der Waals surface area contributed by atoms with E-state index >= 15 is 0 Å². The number of ether oxygens (including phenoxy) is 1. The topological polar surface area (TPSA) is 232 Å². The van der Waals surface area contributed by atoms with Crippen LogP contribution < -0.4 is 4.74 Å². The molecule has 0 fully saturated rings. The first-order chi connectivity index (χ1) is 19.8. The molecular formula is C30H28O12. The molecule has 0 bridgehead atoms. The van der Waals surface area contributed by atoms with Gasteiger partial charge in [0.25, 0.3) is 0 Å². The smallest absolute Gasteiger partial charge is 0.157 e. The van der Waals surface area contributed by atoms with Crippen molar-refractivity contribution in [1.82, 2.24) is 0 Å². The van der Waals surface area contributed by atoms with Gasteiger partial charge in [-0.05, 0) is 35.4 Å². The lowest BCUT2D eigenvalue weighted by Crippen LogP contribution is -2.31. The van der Waals surface area contributed by atoms with Crippen molar-refractivity contribution in [3.8, 4) is 57.5 Å². The molecule has 4 aromatic rings. The molecule has 1 aliphatic heterocycles. The van der Waals surface area contributed by atoms with Gasteiger partial charge in [0.2, 0.25) is 0 Å². The van der Waals surface area contributed by atoms with Crippen molar-refractivity contribution in [1.29, 1.82) is 0 Å². The van der Waals surface area contributed by atoms with Crippen molar-refractivity contribution >= 4 is 0 Å². The van der Waals surface area contributed by atoms with Gasteiger partial charge < -0.3 is 60.9 Å². The highest BCUT2D eigenvalue weighted by Crippen LogP contribution is 2.50. The molecule has 220 valence electrons. The maximum absolute atomic E-state index is 11.4. The van der Waals surface area contributed by atoms with E-state index in [1.54, 1.807) is 0 Å². The van der Waals surface area contributed by atoms with E-state index in [2.05, 4.69) is 0 Å². The number of aliphatic hydroxyl groups excluding tert-OH is 2. The number of aromatic hydroxyl groups is 9. The van der Waals surface area contributed by atoms with Crippen LogP contribution in [0.5, 0.6) is 57.5 Å². The van der Waals surface area contributed by atoms with E-state index in [0.29, 0.717) is 5.56 Å². The van der Waals surface area contributed by atoms with E-state index in [4.69, 9.17) is 4.74 Å². The fraction of sp³-hybridized carbons (Fsp3) is 0.200. The second-order valence-corrected chi connectivity index (χ2v) is 10.2. The number of phenolic OH excluding ortho intramolecular Hbond substituents is 9. The molecule has 0 radical (unpaired) electrons. The average Bonchev–Trinajstić information content (AvgIpc) is 2.92. The molecule has 42 heavy (non-hydrogen) atoms. The molecule has 0 amide bonds. The van der Waals surface area contributed by atoms with E-state index in [9.17, 15) is 56.2 Å². The Balaban J connectivity index is 1.60. The number of aliphatic hydroxyl groups is 2. The summed E-state index contributed by atoms with van der Waals surface area (Å²) in [6, 6.07) is 10.5. The maximum atomic E-state index is 11.4. The van der Waals surface area contributed by atoms with Gasteiger partial charge in [0.1, 0.15) is 40.6 Å². The van der Waals surface area contributed by atoms with Gasteiger partial charge in [0, 0.05) is 53.6 Å². The average molecular weight is 581 g/mol. The number of fused-ring (bicyclic) bond motifs is 1. The van der Waals surface area contributed by atoms with Crippen molar-refractivity contribution in [3.05, 3.63) is 82.4 Å². The summed E-state index contributed by atoms with van der Waals surface area (Å²) in [4.78, 5) is 0. The van der Waals surface area contributed by atoms with Crippen LogP contribution in [0.25, 0.3) is 0 Å². The number of benzene rings is 4. The number of hydrogen-bond acceptors (Lipinski definition) is 12. The first kappa shape index (κ1) is 28.3. The number of rotatable bonds is 6. The third kappa shape index (κ3) is 5.04. The minimum atomic E-state index is -1.59. The normalized spacial score (nSPS) is 17.7. The van der Waals surface area contributed by atoms with E-state index in [0.717, 1.165) is 24.3 Å². The van der Waals surface area contributed by atoms with Gasteiger partial charge in [-0.1, -0.05) is 12.1 Å². The van der Waals surface area contributed by atoms with Gasteiger partial charge in [0.05, 0.1) is 12.2 Å². The Morgan fingerprint density at radius 2 is 1.31 bits per heavy atom. The summed E-state index contributed by atoms with van der Waals surface area (Å²) in [5.41, 5.74) is 0.124. The molecule has 0 saturated heterocycles. The first-order valence-electron chi connectivity index (χ1n) is 12.7. The van der Waals surface area contributed by atoms with Crippen LogP contribution in [0.2, 0.25) is 0 Å². The Kier molecular flexibility index (Phi) is 7.19. The van der Waals surface area contributed by atoms with Crippen molar-refractivity contribution in [2.45, 2.75) is 37.1 Å². The van der Waals surface area contributed by atoms with Crippen molar-refractivity contribution in [2.75, 3.05) is 0 Å². The van der Waals surface area contributed by atoms with Crippen LogP contribution in [0.3, 0.4) is 0 Å². The van der Waals surface area contributed by atoms with Gasteiger partial charge in [-0.3, -0.25) is 0 Å². The summed E-state index contributed by atoms with van der Waals surface area (Å²) in [6.07, 6.45) is -4.52. The summed E-state index contributed by atoms with van der Waals surface area (Å²) in [5, 5.41) is 115. The van der Waals surface area contributed by atoms with E-state index in [1.807, 2.05) is 0 Å². The molecule has 4 atom stereocenters. The molecule has 5 rings (SSSR count). The summed E-state index contributed by atoms with van der Waals surface area (Å²) in [5.74, 6) is -5.76. The zero-order valence-electron chi connectivity index (χ0n) is 21.7. The number of hydrogen-bond donors (Lipinski definition) is 11. The fourth-order valence-electron chi connectivity index (χ4n) is 5.32. The van der Waals surface area contributed by atoms with Gasteiger partial charge in [-0.15, -0.1) is 0 Å². The highest BCUT2D eigenvalue weighted by molar-refractivity contribution is 5.62. The monoisotopic (exact) mass is 580 g/mol. The minimum absolute atomic E-state index is 0.00719. The fourth-order valence-corrected chi connectivity index (χ4v) is 5.32. The van der Waals surface area contributed by atoms with Crippen LogP contribution in [0.4, 0.5) is 0 Å². The Hall–Kier alpha value is -5.20. The van der Waals surface area contributed by atoms with Gasteiger partial charge in [0.15, 0.2) is 23.0 Å². The van der Waals surface area contributed by atoms with E-state index in [-0.39, 0.29) is 40.2 Å². The standard InChI is InChI=1S/C30H28O12/c31-14-7-19(34)15(20(35)8-14)9-23(38)27(12-1-3-17(32)21(36)5-12)28-24(39)11-26-16(29(28)41)10-25(40)30(42-26)13-2-4-18(33)22(37)6-13/h1-8,11,23,25,27,30-41H,9-10H2/t23-,25-,27-,30+/m0/s1. The highest BCUT2D eigenvalue weighted by atomic mass is 16.5. The Labute approximate surface area is 238 Å². The van der Waals surface area contributed by atoms with Crippen LogP contribution in [0, 0.1) is 0 Å². The van der Waals surface area contributed by atoms with Gasteiger partial charge >= 0.3 is 0 Å². The molecule has 1 heterocycles. The summed E-state index contributed by atoms with van der Waals surface area (Å²) < 4.78 is 5.87. The third-order valence-electron chi connectivity index (χ3n) is 7.38. The SMILES string of the molecule is Oc1cc(O)c(C[C@H](O)[C@H](c2ccc(O)c(O)c2)c2c(O)cc3c(c2O)C[C@H](O)[C@@H](c2ccc(O)c(O)c2)O3)c(O)c1. The number of phenols is 9. The molecule has 0 aromatic heterocycles. The summed E-state index contributed by atoms with van der Waals surface area (Å²) in [7, 11) is 0. The molecule has 0 saturated carbocycles. The lowest BCUT2D eigenvalue weighted by Gasteiger charge is -2.33. The van der Waals surface area contributed by atoms with Crippen LogP contribution >= 0.6 is 0 Å². The molecule has 0 unspecified atom stereocenters. The Bertz CT molecular complexity index is 1640. The molecule has 4 aromatic carbocycles. The first-order valence-corrected chi connectivity index (χ1v) is 12.7. The second kappa shape index (κ2) is 10.7. The van der Waals surface area contributed by atoms with E-state index in [1.165, 1.54) is 30.3 Å². The molecular weight excluding hydrogens is 552 g/mol. The molecule has 11 N–H and O–H groups in total. The Morgan fingerprint density at radius 3 is 1.93 bits per heavy atom. The van der Waals surface area contributed by atoms with E-state index < -0.39 is 76.6 Å². The molecule has 1 aliphatic rings. The largest absolute Gasteiger partial charge is 0.508 e. The van der Waals surface area contributed by atoms with Crippen molar-refractivity contribution in [2.24, 2.45) is 0 Å². The van der Waals surface area contributed by atoms with Gasteiger partial charge in [-0.25, -0.2) is 0 Å². The zero-order chi connectivity index (χ0) is 30.5. The minimum Gasteiger partial charge on any atom is -0.508 e. The summed E-state index contributed by atoms with van der Waals surface area (Å²) >= 11 is 0. The lowest BCUT2D eigenvalue weighted by atomic mass is 9.80. The predicted octanol–water partition coefficient (Wildman–Crippen LogP) is 2.81. The van der Waals surface area contributed by atoms with Crippen LogP contribution in [-0.2, 0) is 12.8 Å². The molecule has 0 spiro atoms. The molecule has 12 heteroatoms. The predicted molar refractivity (Wildman–Crippen MR) is 145 cm³/mol. The van der Waals surface area contributed by atoms with Crippen LogP contribution in [0.1, 0.15) is 39.8 Å². The van der Waals surface area contributed by atoms with Crippen LogP contribution in [-0.4, -0.2) is 68.4 Å². The molecule has 0 aliphatic carbocycles. The summed E-state index contributed by atoms with van der Waals surface area (Å²) in [6.45, 7) is 0. The third-order valence-corrected chi connectivity index (χ3v) is 7.38. The highest BCUT2D eigenvalue weighted by Gasteiger charge is 2.37. The van der Waals surface area contributed by atoms with Crippen LogP contribution in [0.15, 0.2) is 54.6 Å². The zero-order valence-corrected chi connectivity index (χ0v) is 21.7.